The molecular weight excluding hydrogens is 212 g/mol. The van der Waals surface area contributed by atoms with E-state index in [0.717, 1.165) is 23.4 Å². The maximum Gasteiger partial charge on any atom is 0.154 e. The Bertz CT molecular complexity index is 517. The van der Waals surface area contributed by atoms with Crippen molar-refractivity contribution >= 4 is 0 Å². The van der Waals surface area contributed by atoms with Gasteiger partial charge in [-0.15, -0.1) is 0 Å². The molecule has 0 saturated carbocycles. The molecule has 2 rings (SSSR count). The van der Waals surface area contributed by atoms with E-state index < -0.39 is 0 Å². The summed E-state index contributed by atoms with van der Waals surface area (Å²) in [5.41, 5.74) is 10.4. The fourth-order valence-electron chi connectivity index (χ4n) is 1.82. The number of rotatable bonds is 3. The lowest BCUT2D eigenvalue weighted by Gasteiger charge is -2.04. The molecule has 0 radical (unpaired) electrons. The number of benzene rings is 1. The van der Waals surface area contributed by atoms with Crippen molar-refractivity contribution in [2.45, 2.75) is 33.2 Å². The zero-order chi connectivity index (χ0) is 12.4. The molecule has 90 valence electrons. The van der Waals surface area contributed by atoms with E-state index >= 15 is 0 Å². The first-order chi connectivity index (χ1) is 8.13. The number of hydrogen-bond donors (Lipinski definition) is 1. The molecule has 0 spiro atoms. The minimum atomic E-state index is -0.0682. The summed E-state index contributed by atoms with van der Waals surface area (Å²) in [5.74, 6) is 0.753. The highest BCUT2D eigenvalue weighted by molar-refractivity contribution is 5.64. The summed E-state index contributed by atoms with van der Waals surface area (Å²) in [6, 6.07) is 8.06. The van der Waals surface area contributed by atoms with Crippen LogP contribution in [0.15, 0.2) is 28.8 Å². The molecule has 3 nitrogen and oxygen atoms in total. The Morgan fingerprint density at radius 1 is 1.35 bits per heavy atom. The molecule has 0 aliphatic carbocycles. The first-order valence-corrected chi connectivity index (χ1v) is 5.92. The van der Waals surface area contributed by atoms with Crippen molar-refractivity contribution in [1.82, 2.24) is 5.16 Å². The van der Waals surface area contributed by atoms with Crippen LogP contribution in [0, 0.1) is 13.8 Å². The summed E-state index contributed by atoms with van der Waals surface area (Å²) >= 11 is 0. The van der Waals surface area contributed by atoms with Crippen LogP contribution in [0.4, 0.5) is 0 Å². The molecule has 0 aliphatic heterocycles. The van der Waals surface area contributed by atoms with Gasteiger partial charge in [0.15, 0.2) is 5.76 Å². The van der Waals surface area contributed by atoms with Gasteiger partial charge in [0.1, 0.15) is 5.69 Å². The monoisotopic (exact) mass is 230 g/mol. The van der Waals surface area contributed by atoms with Gasteiger partial charge in [0.25, 0.3) is 0 Å². The molecular formula is C14H18N2O. The molecule has 0 aliphatic rings. The average Bonchev–Trinajstić information content (AvgIpc) is 2.81. The van der Waals surface area contributed by atoms with E-state index in [9.17, 15) is 0 Å². The maximum atomic E-state index is 5.92. The first kappa shape index (κ1) is 11.9. The third-order valence-electron chi connectivity index (χ3n) is 3.21. The number of hydrogen-bond acceptors (Lipinski definition) is 3. The molecule has 3 heteroatoms. The predicted octanol–water partition coefficient (Wildman–Crippen LogP) is 3.37. The summed E-state index contributed by atoms with van der Waals surface area (Å²) in [6.45, 7) is 6.22. The van der Waals surface area contributed by atoms with E-state index in [1.807, 2.05) is 19.1 Å². The maximum absolute atomic E-state index is 5.92. The summed E-state index contributed by atoms with van der Waals surface area (Å²) in [5, 5.41) is 4.10. The van der Waals surface area contributed by atoms with Crippen LogP contribution in [0.5, 0.6) is 0 Å². The van der Waals surface area contributed by atoms with Crippen molar-refractivity contribution in [3.05, 3.63) is 41.2 Å². The zero-order valence-electron chi connectivity index (χ0n) is 10.5. The summed E-state index contributed by atoms with van der Waals surface area (Å²) in [4.78, 5) is 0. The molecule has 0 bridgehead atoms. The van der Waals surface area contributed by atoms with Crippen molar-refractivity contribution in [1.29, 1.82) is 0 Å². The van der Waals surface area contributed by atoms with Crippen LogP contribution in [0.3, 0.4) is 0 Å². The van der Waals surface area contributed by atoms with Crippen molar-refractivity contribution in [3.63, 3.8) is 0 Å². The minimum Gasteiger partial charge on any atom is -0.359 e. The largest absolute Gasteiger partial charge is 0.359 e. The normalized spacial score (nSPS) is 12.7. The van der Waals surface area contributed by atoms with Crippen LogP contribution in [-0.2, 0) is 0 Å². The molecule has 1 aromatic carbocycles. The highest BCUT2D eigenvalue weighted by Crippen LogP contribution is 2.26. The van der Waals surface area contributed by atoms with Crippen molar-refractivity contribution in [2.75, 3.05) is 0 Å². The Balaban J connectivity index is 2.40. The third kappa shape index (κ3) is 2.24. The van der Waals surface area contributed by atoms with E-state index in [1.165, 1.54) is 11.1 Å². The van der Waals surface area contributed by atoms with Crippen molar-refractivity contribution in [2.24, 2.45) is 5.73 Å². The lowest BCUT2D eigenvalue weighted by atomic mass is 10.0. The van der Waals surface area contributed by atoms with E-state index in [4.69, 9.17) is 10.3 Å². The molecule has 0 amide bonds. The van der Waals surface area contributed by atoms with Gasteiger partial charge in [-0.3, -0.25) is 0 Å². The van der Waals surface area contributed by atoms with Gasteiger partial charge in [0, 0.05) is 11.6 Å². The average molecular weight is 230 g/mol. The molecule has 2 aromatic rings. The topological polar surface area (TPSA) is 52.0 Å². The lowest BCUT2D eigenvalue weighted by molar-refractivity contribution is 0.360. The molecule has 0 fully saturated rings. The number of nitrogens with two attached hydrogens (primary N) is 1. The fraction of sp³-hybridized carbons (Fsp3) is 0.357. The van der Waals surface area contributed by atoms with Crippen molar-refractivity contribution in [3.8, 4) is 11.3 Å². The summed E-state index contributed by atoms with van der Waals surface area (Å²) in [7, 11) is 0. The van der Waals surface area contributed by atoms with Gasteiger partial charge in [0.05, 0.1) is 6.04 Å². The predicted molar refractivity (Wildman–Crippen MR) is 68.6 cm³/mol. The molecule has 1 aromatic heterocycles. The Labute approximate surface area is 102 Å². The van der Waals surface area contributed by atoms with Gasteiger partial charge in [0.2, 0.25) is 0 Å². The number of nitrogens with zero attached hydrogens (tertiary/aromatic N) is 1. The second-order valence-corrected chi connectivity index (χ2v) is 4.38. The zero-order valence-corrected chi connectivity index (χ0v) is 10.5. The molecule has 1 atom stereocenters. The van der Waals surface area contributed by atoms with Gasteiger partial charge in [-0.25, -0.2) is 0 Å². The highest BCUT2D eigenvalue weighted by atomic mass is 16.5. The van der Waals surface area contributed by atoms with Gasteiger partial charge in [-0.05, 0) is 31.4 Å². The van der Waals surface area contributed by atoms with E-state index in [0.29, 0.717) is 0 Å². The lowest BCUT2D eigenvalue weighted by Crippen LogP contribution is -2.06. The van der Waals surface area contributed by atoms with E-state index in [2.05, 4.69) is 31.1 Å². The third-order valence-corrected chi connectivity index (χ3v) is 3.21. The van der Waals surface area contributed by atoms with Gasteiger partial charge in [-0.1, -0.05) is 30.3 Å². The molecule has 0 saturated heterocycles. The van der Waals surface area contributed by atoms with Crippen LogP contribution >= 0.6 is 0 Å². The Morgan fingerprint density at radius 3 is 2.82 bits per heavy atom. The van der Waals surface area contributed by atoms with Crippen molar-refractivity contribution < 1.29 is 4.52 Å². The van der Waals surface area contributed by atoms with Crippen LogP contribution in [0.25, 0.3) is 11.3 Å². The molecule has 1 unspecified atom stereocenters. The second-order valence-electron chi connectivity index (χ2n) is 4.38. The van der Waals surface area contributed by atoms with Crippen LogP contribution < -0.4 is 5.73 Å². The Hall–Kier alpha value is -1.61. The van der Waals surface area contributed by atoms with E-state index in [-0.39, 0.29) is 6.04 Å². The van der Waals surface area contributed by atoms with Gasteiger partial charge < -0.3 is 10.3 Å². The standard InChI is InChI=1S/C14H18N2O/c1-4-12(15)14-8-13(16-17-14)11-7-5-6-9(2)10(11)3/h5-8,12H,4,15H2,1-3H3. The van der Waals surface area contributed by atoms with Gasteiger partial charge in [-0.2, -0.15) is 0 Å². The quantitative estimate of drug-likeness (QED) is 0.879. The first-order valence-electron chi connectivity index (χ1n) is 5.92. The molecule has 2 N–H and O–H groups in total. The summed E-state index contributed by atoms with van der Waals surface area (Å²) in [6.07, 6.45) is 0.849. The SMILES string of the molecule is CCC(N)c1cc(-c2cccc(C)c2C)no1. The van der Waals surface area contributed by atoms with Crippen LogP contribution in [0.1, 0.15) is 36.3 Å². The minimum absolute atomic E-state index is 0.0682. The van der Waals surface area contributed by atoms with E-state index in [1.54, 1.807) is 0 Å². The Kier molecular flexibility index (Phi) is 3.29. The number of aryl methyl sites for hydroxylation is 1. The molecule has 1 heterocycles. The highest BCUT2D eigenvalue weighted by Gasteiger charge is 2.13. The number of aromatic nitrogens is 1. The van der Waals surface area contributed by atoms with Crippen LogP contribution in [-0.4, -0.2) is 5.16 Å². The fourth-order valence-corrected chi connectivity index (χ4v) is 1.82. The van der Waals surface area contributed by atoms with Crippen LogP contribution in [0.2, 0.25) is 0 Å². The molecule has 17 heavy (non-hydrogen) atoms. The summed E-state index contributed by atoms with van der Waals surface area (Å²) < 4.78 is 5.29. The second kappa shape index (κ2) is 4.72. The smallest absolute Gasteiger partial charge is 0.154 e. The van der Waals surface area contributed by atoms with Gasteiger partial charge >= 0.3 is 0 Å². The Morgan fingerprint density at radius 2 is 2.12 bits per heavy atom.